The fraction of sp³-hybridized carbons (Fsp3) is 0.667. The van der Waals surface area contributed by atoms with E-state index < -0.39 is 6.10 Å². The van der Waals surface area contributed by atoms with Gasteiger partial charge in [-0.3, -0.25) is 0 Å². The Morgan fingerprint density at radius 3 is 2.83 bits per heavy atom. The molecule has 6 nitrogen and oxygen atoms in total. The molecule has 0 amide bonds. The van der Waals surface area contributed by atoms with Crippen molar-refractivity contribution in [2.45, 2.75) is 31.5 Å². The normalized spacial score (nSPS) is 21.4. The molecular formula is C12H18N2O4. The predicted molar refractivity (Wildman–Crippen MR) is 63.7 cm³/mol. The molecule has 100 valence electrons. The molecule has 0 radical (unpaired) electrons. The topological polar surface area (TPSA) is 73.7 Å². The second kappa shape index (κ2) is 5.97. The molecule has 2 unspecified atom stereocenters. The zero-order valence-corrected chi connectivity index (χ0v) is 10.6. The number of aliphatic hydroxyl groups excluding tert-OH is 1. The summed E-state index contributed by atoms with van der Waals surface area (Å²) in [6, 6.07) is 0. The smallest absolute Gasteiger partial charge is 0.241 e. The minimum atomic E-state index is -0.821. The van der Waals surface area contributed by atoms with E-state index in [2.05, 4.69) is 9.97 Å². The van der Waals surface area contributed by atoms with E-state index in [0.717, 1.165) is 19.3 Å². The van der Waals surface area contributed by atoms with Gasteiger partial charge in [-0.2, -0.15) is 4.98 Å². The molecule has 1 saturated heterocycles. The number of aromatic nitrogens is 2. The zero-order chi connectivity index (χ0) is 13.0. The van der Waals surface area contributed by atoms with Gasteiger partial charge in [0, 0.05) is 6.61 Å². The van der Waals surface area contributed by atoms with Crippen LogP contribution in [-0.2, 0) is 4.74 Å². The highest BCUT2D eigenvalue weighted by Crippen LogP contribution is 2.30. The van der Waals surface area contributed by atoms with Crippen molar-refractivity contribution in [1.29, 1.82) is 0 Å². The highest BCUT2D eigenvalue weighted by atomic mass is 16.5. The van der Waals surface area contributed by atoms with Crippen molar-refractivity contribution in [1.82, 2.24) is 9.97 Å². The van der Waals surface area contributed by atoms with Crippen molar-refractivity contribution in [2.75, 3.05) is 20.8 Å². The molecule has 1 fully saturated rings. The molecule has 0 aliphatic carbocycles. The molecule has 0 aromatic carbocycles. The summed E-state index contributed by atoms with van der Waals surface area (Å²) < 4.78 is 15.6. The maximum absolute atomic E-state index is 10.3. The average molecular weight is 254 g/mol. The summed E-state index contributed by atoms with van der Waals surface area (Å²) >= 11 is 0. The minimum Gasteiger partial charge on any atom is -0.480 e. The van der Waals surface area contributed by atoms with Crippen LogP contribution in [0.3, 0.4) is 0 Å². The van der Waals surface area contributed by atoms with Gasteiger partial charge in [-0.25, -0.2) is 4.98 Å². The lowest BCUT2D eigenvalue weighted by atomic mass is 10.0. The van der Waals surface area contributed by atoms with Crippen molar-refractivity contribution >= 4 is 0 Å². The molecule has 1 aliphatic rings. The zero-order valence-electron chi connectivity index (χ0n) is 10.6. The fourth-order valence-corrected chi connectivity index (χ4v) is 2.01. The molecule has 1 N–H and O–H groups in total. The van der Waals surface area contributed by atoms with Crippen LogP contribution < -0.4 is 9.47 Å². The summed E-state index contributed by atoms with van der Waals surface area (Å²) in [6.45, 7) is 0.674. The monoisotopic (exact) mass is 254 g/mol. The highest BCUT2D eigenvalue weighted by molar-refractivity contribution is 5.25. The van der Waals surface area contributed by atoms with Crippen LogP contribution in [0.4, 0.5) is 0 Å². The number of methoxy groups -OCH3 is 2. The largest absolute Gasteiger partial charge is 0.480 e. The fourth-order valence-electron chi connectivity index (χ4n) is 2.01. The maximum atomic E-state index is 10.3. The van der Waals surface area contributed by atoms with Crippen LogP contribution in [0.1, 0.15) is 31.1 Å². The second-order valence-corrected chi connectivity index (χ2v) is 4.16. The van der Waals surface area contributed by atoms with Gasteiger partial charge in [0.15, 0.2) is 0 Å². The summed E-state index contributed by atoms with van der Waals surface area (Å²) in [4.78, 5) is 8.26. The van der Waals surface area contributed by atoms with E-state index in [1.54, 1.807) is 0 Å². The van der Waals surface area contributed by atoms with E-state index in [-0.39, 0.29) is 12.0 Å². The van der Waals surface area contributed by atoms with Gasteiger partial charge in [0.05, 0.1) is 26.5 Å². The van der Waals surface area contributed by atoms with Crippen molar-refractivity contribution in [3.8, 4) is 11.8 Å². The second-order valence-electron chi connectivity index (χ2n) is 4.16. The Morgan fingerprint density at radius 1 is 1.39 bits per heavy atom. The SMILES string of the molecule is COc1cnc(C(O)C2CCCCO2)c(OC)n1. The van der Waals surface area contributed by atoms with Crippen LogP contribution in [0.2, 0.25) is 0 Å². The van der Waals surface area contributed by atoms with Gasteiger partial charge < -0.3 is 19.3 Å². The van der Waals surface area contributed by atoms with Gasteiger partial charge >= 0.3 is 0 Å². The lowest BCUT2D eigenvalue weighted by Crippen LogP contribution is -2.27. The molecule has 1 aromatic heterocycles. The standard InChI is InChI=1S/C12H18N2O4/c1-16-9-7-13-10(12(14-9)17-2)11(15)8-5-3-4-6-18-8/h7-8,11,15H,3-6H2,1-2H3. The first-order valence-corrected chi connectivity index (χ1v) is 6.01. The first-order valence-electron chi connectivity index (χ1n) is 6.01. The number of nitrogens with zero attached hydrogens (tertiary/aromatic N) is 2. The predicted octanol–water partition coefficient (Wildman–Crippen LogP) is 1.10. The number of rotatable bonds is 4. The average Bonchev–Trinajstić information content (AvgIpc) is 2.46. The van der Waals surface area contributed by atoms with Crippen LogP contribution in [0, 0.1) is 0 Å². The molecule has 2 rings (SSSR count). The van der Waals surface area contributed by atoms with Crippen molar-refractivity contribution in [3.05, 3.63) is 11.9 Å². The van der Waals surface area contributed by atoms with Gasteiger partial charge in [-0.05, 0) is 19.3 Å². The lowest BCUT2D eigenvalue weighted by molar-refractivity contribution is -0.0657. The van der Waals surface area contributed by atoms with Crippen molar-refractivity contribution in [2.24, 2.45) is 0 Å². The first-order chi connectivity index (χ1) is 8.76. The summed E-state index contributed by atoms with van der Waals surface area (Å²) in [5.41, 5.74) is 0.394. The summed E-state index contributed by atoms with van der Waals surface area (Å²) in [6.07, 6.45) is 3.30. The van der Waals surface area contributed by atoms with Crippen molar-refractivity contribution < 1.29 is 19.3 Å². The van der Waals surface area contributed by atoms with E-state index in [4.69, 9.17) is 14.2 Å². The van der Waals surface area contributed by atoms with Gasteiger partial charge in [0.2, 0.25) is 11.8 Å². The van der Waals surface area contributed by atoms with Gasteiger partial charge in [-0.1, -0.05) is 0 Å². The summed E-state index contributed by atoms with van der Waals surface area (Å²) in [5.74, 6) is 0.628. The summed E-state index contributed by atoms with van der Waals surface area (Å²) in [7, 11) is 2.99. The van der Waals surface area contributed by atoms with Gasteiger partial charge in [-0.15, -0.1) is 0 Å². The first kappa shape index (κ1) is 13.0. The molecule has 1 aliphatic heterocycles. The maximum Gasteiger partial charge on any atom is 0.241 e. The Kier molecular flexibility index (Phi) is 4.33. The van der Waals surface area contributed by atoms with Crippen LogP contribution >= 0.6 is 0 Å². The number of hydrogen-bond acceptors (Lipinski definition) is 6. The third-order valence-electron chi connectivity index (χ3n) is 2.99. The minimum absolute atomic E-state index is 0.240. The molecule has 6 heteroatoms. The van der Waals surface area contributed by atoms with Crippen LogP contribution in [0.5, 0.6) is 11.8 Å². The third kappa shape index (κ3) is 2.70. The Labute approximate surface area is 106 Å². The Hall–Kier alpha value is -1.40. The number of ether oxygens (including phenoxy) is 3. The molecule has 2 atom stereocenters. The van der Waals surface area contributed by atoms with E-state index in [9.17, 15) is 5.11 Å². The Morgan fingerprint density at radius 2 is 2.22 bits per heavy atom. The van der Waals surface area contributed by atoms with Crippen LogP contribution in [-0.4, -0.2) is 42.0 Å². The van der Waals surface area contributed by atoms with Gasteiger partial charge in [0.25, 0.3) is 0 Å². The molecule has 1 aromatic rings. The van der Waals surface area contributed by atoms with Gasteiger partial charge in [0.1, 0.15) is 11.8 Å². The molecule has 2 heterocycles. The molecule has 0 bridgehead atoms. The van der Waals surface area contributed by atoms with Crippen LogP contribution in [0.25, 0.3) is 0 Å². The Bertz CT molecular complexity index is 394. The van der Waals surface area contributed by atoms with E-state index in [0.29, 0.717) is 18.2 Å². The van der Waals surface area contributed by atoms with Crippen LogP contribution in [0.15, 0.2) is 6.20 Å². The number of hydrogen-bond donors (Lipinski definition) is 1. The third-order valence-corrected chi connectivity index (χ3v) is 2.99. The molecule has 0 saturated carbocycles. The van der Waals surface area contributed by atoms with Crippen molar-refractivity contribution in [3.63, 3.8) is 0 Å². The molecule has 18 heavy (non-hydrogen) atoms. The van der Waals surface area contributed by atoms with E-state index in [1.165, 1.54) is 20.4 Å². The number of aliphatic hydroxyl groups is 1. The Balaban J connectivity index is 2.20. The molecule has 0 spiro atoms. The lowest BCUT2D eigenvalue weighted by Gasteiger charge is -2.27. The van der Waals surface area contributed by atoms with E-state index >= 15 is 0 Å². The summed E-state index contributed by atoms with van der Waals surface area (Å²) in [5, 5.41) is 10.3. The molecular weight excluding hydrogens is 236 g/mol. The van der Waals surface area contributed by atoms with E-state index in [1.807, 2.05) is 0 Å². The quantitative estimate of drug-likeness (QED) is 0.867. The highest BCUT2D eigenvalue weighted by Gasteiger charge is 2.28.